The first-order valence-electron chi connectivity index (χ1n) is 9.21. The third-order valence-corrected chi connectivity index (χ3v) is 6.48. The second kappa shape index (κ2) is 8.54. The normalized spacial score (nSPS) is 16.4. The molecule has 12 heteroatoms. The van der Waals surface area contributed by atoms with Crippen LogP contribution in [0.5, 0.6) is 0 Å². The number of hydrogen-bond donors (Lipinski definition) is 1. The number of benzene rings is 2. The molecule has 2 heterocycles. The van der Waals surface area contributed by atoms with Crippen molar-refractivity contribution < 1.29 is 27.0 Å². The molecular weight excluding hydrogens is 476 g/mol. The first-order chi connectivity index (χ1) is 15.1. The molecule has 6 nitrogen and oxygen atoms in total. The van der Waals surface area contributed by atoms with Crippen molar-refractivity contribution in [3.8, 4) is 11.1 Å². The third kappa shape index (κ3) is 4.05. The number of methoxy groups -OCH3 is 1. The van der Waals surface area contributed by atoms with Crippen molar-refractivity contribution in [1.82, 2.24) is 9.55 Å². The molecule has 3 aromatic rings. The van der Waals surface area contributed by atoms with Crippen LogP contribution < -0.4 is 11.2 Å². The fourth-order valence-electron chi connectivity index (χ4n) is 3.60. The van der Waals surface area contributed by atoms with Crippen LogP contribution >= 0.6 is 23.4 Å². The first-order valence-corrected chi connectivity index (χ1v) is 10.6. The van der Waals surface area contributed by atoms with Gasteiger partial charge in [0.25, 0.3) is 5.56 Å². The number of thioether (sulfide) groups is 1. The van der Waals surface area contributed by atoms with Gasteiger partial charge in [0, 0.05) is 23.3 Å². The molecule has 0 radical (unpaired) electrons. The summed E-state index contributed by atoms with van der Waals surface area (Å²) in [5.74, 6) is -0.610. The lowest BCUT2D eigenvalue weighted by atomic mass is 9.96. The number of aromatic nitrogens is 2. The van der Waals surface area contributed by atoms with E-state index in [0.29, 0.717) is 6.07 Å². The molecule has 32 heavy (non-hydrogen) atoms. The van der Waals surface area contributed by atoms with Gasteiger partial charge in [0.2, 0.25) is 0 Å². The van der Waals surface area contributed by atoms with E-state index in [2.05, 4.69) is 4.98 Å². The van der Waals surface area contributed by atoms with Crippen molar-refractivity contribution in [1.29, 1.82) is 0 Å². The molecule has 1 aromatic heterocycles. The molecule has 0 spiro atoms. The molecule has 1 unspecified atom stereocenters. The zero-order chi connectivity index (χ0) is 23.2. The van der Waals surface area contributed by atoms with Gasteiger partial charge in [-0.3, -0.25) is 14.3 Å². The molecule has 0 aliphatic carbocycles. The zero-order valence-electron chi connectivity index (χ0n) is 16.4. The van der Waals surface area contributed by atoms with Crippen LogP contribution in [-0.2, 0) is 22.2 Å². The summed E-state index contributed by atoms with van der Waals surface area (Å²) in [6, 6.07) is 3.93. The summed E-state index contributed by atoms with van der Waals surface area (Å²) in [6.07, 6.45) is -5.43. The molecule has 1 aliphatic heterocycles. The van der Waals surface area contributed by atoms with Crippen LogP contribution in [0.25, 0.3) is 22.0 Å². The topological polar surface area (TPSA) is 73.3 Å². The number of ether oxygens (including phenoxy) is 2. The summed E-state index contributed by atoms with van der Waals surface area (Å²) in [6.45, 7) is -0.0957. The van der Waals surface area contributed by atoms with Gasteiger partial charge in [-0.2, -0.15) is 13.2 Å². The Bertz CT molecular complexity index is 1320. The van der Waals surface area contributed by atoms with E-state index in [4.69, 9.17) is 21.1 Å². The molecule has 0 saturated carbocycles. The second-order valence-electron chi connectivity index (χ2n) is 7.03. The van der Waals surface area contributed by atoms with Gasteiger partial charge in [0.1, 0.15) is 12.6 Å². The Hall–Kier alpha value is -2.34. The van der Waals surface area contributed by atoms with E-state index in [-0.39, 0.29) is 51.0 Å². The number of aromatic amines is 1. The Labute approximate surface area is 187 Å². The minimum absolute atomic E-state index is 0.00339. The van der Waals surface area contributed by atoms with Crippen LogP contribution in [-0.4, -0.2) is 35.3 Å². The van der Waals surface area contributed by atoms with E-state index in [0.717, 1.165) is 23.9 Å². The molecule has 2 aromatic carbocycles. The molecule has 1 N–H and O–H groups in total. The monoisotopic (exact) mass is 490 g/mol. The number of halogens is 5. The van der Waals surface area contributed by atoms with Gasteiger partial charge in [-0.25, -0.2) is 9.18 Å². The molecule has 4 rings (SSSR count). The van der Waals surface area contributed by atoms with Crippen molar-refractivity contribution in [2.24, 2.45) is 0 Å². The van der Waals surface area contributed by atoms with Crippen LogP contribution in [0.15, 0.2) is 38.8 Å². The molecule has 0 amide bonds. The van der Waals surface area contributed by atoms with Crippen molar-refractivity contribution in [3.63, 3.8) is 0 Å². The van der Waals surface area contributed by atoms with Crippen LogP contribution in [0.3, 0.4) is 0 Å². The van der Waals surface area contributed by atoms with Crippen LogP contribution in [0.4, 0.5) is 17.6 Å². The number of alkyl halides is 3. The summed E-state index contributed by atoms with van der Waals surface area (Å²) < 4.78 is 67.6. The maximum absolute atomic E-state index is 14.1. The highest BCUT2D eigenvalue weighted by Crippen LogP contribution is 2.46. The SMILES string of the molecule is COCOC1CSc2c(-c3ccc(F)c(Cl)c3)c(C(F)(F)F)cc3c(=O)[nH]c(=O)n(c23)C1. The number of nitrogens with one attached hydrogen (secondary N) is 1. The number of rotatable bonds is 4. The molecular formula is C20H15ClF4N2O4S. The van der Waals surface area contributed by atoms with Crippen molar-refractivity contribution >= 4 is 34.3 Å². The Morgan fingerprint density at radius 1 is 1.28 bits per heavy atom. The van der Waals surface area contributed by atoms with Crippen LogP contribution in [0.1, 0.15) is 5.56 Å². The molecule has 1 atom stereocenters. The lowest BCUT2D eigenvalue weighted by Gasteiger charge is -2.20. The fraction of sp³-hybridized carbons (Fsp3) is 0.300. The highest BCUT2D eigenvalue weighted by Gasteiger charge is 2.38. The van der Waals surface area contributed by atoms with E-state index >= 15 is 0 Å². The van der Waals surface area contributed by atoms with E-state index in [1.165, 1.54) is 17.7 Å². The van der Waals surface area contributed by atoms with Gasteiger partial charge < -0.3 is 9.47 Å². The summed E-state index contributed by atoms with van der Waals surface area (Å²) >= 11 is 6.86. The number of hydrogen-bond acceptors (Lipinski definition) is 5. The minimum Gasteiger partial charge on any atom is -0.359 e. The van der Waals surface area contributed by atoms with Gasteiger partial charge >= 0.3 is 11.9 Å². The van der Waals surface area contributed by atoms with Crippen LogP contribution in [0.2, 0.25) is 5.02 Å². The fourth-order valence-corrected chi connectivity index (χ4v) is 5.06. The van der Waals surface area contributed by atoms with Gasteiger partial charge in [-0.15, -0.1) is 11.8 Å². The number of H-pyrrole nitrogens is 1. The summed E-state index contributed by atoms with van der Waals surface area (Å²) in [5.41, 5.74) is -3.04. The quantitative estimate of drug-likeness (QED) is 0.437. The van der Waals surface area contributed by atoms with E-state index in [1.54, 1.807) is 0 Å². The summed E-state index contributed by atoms with van der Waals surface area (Å²) in [4.78, 5) is 27.2. The molecule has 170 valence electrons. The lowest BCUT2D eigenvalue weighted by molar-refractivity contribution is -0.137. The van der Waals surface area contributed by atoms with Gasteiger partial charge in [0.15, 0.2) is 0 Å². The number of nitrogens with zero attached hydrogens (tertiary/aromatic N) is 1. The maximum Gasteiger partial charge on any atom is 0.417 e. The van der Waals surface area contributed by atoms with E-state index in [9.17, 15) is 27.2 Å². The maximum atomic E-state index is 14.1. The standard InChI is InChI=1S/C20H15ClF4N2O4S/c1-30-8-31-10-6-27-16-11(18(28)26-19(27)29)5-12(20(23,24)25)15(17(16)32-7-10)9-2-3-14(22)13(21)4-9/h2-5,10H,6-8H2,1H3,(H,26,28,29). The van der Waals surface area contributed by atoms with Crippen molar-refractivity contribution in [3.05, 3.63) is 61.5 Å². The average Bonchev–Trinajstić information content (AvgIpc) is 2.92. The molecule has 1 aliphatic rings. The van der Waals surface area contributed by atoms with Crippen LogP contribution in [0, 0.1) is 5.82 Å². The molecule has 0 fully saturated rings. The smallest absolute Gasteiger partial charge is 0.359 e. The molecule has 0 bridgehead atoms. The highest BCUT2D eigenvalue weighted by molar-refractivity contribution is 7.99. The largest absolute Gasteiger partial charge is 0.417 e. The van der Waals surface area contributed by atoms with Gasteiger partial charge in [-0.05, 0) is 23.8 Å². The Morgan fingerprint density at radius 3 is 2.69 bits per heavy atom. The first kappa shape index (κ1) is 22.8. The predicted molar refractivity (Wildman–Crippen MR) is 112 cm³/mol. The second-order valence-corrected chi connectivity index (χ2v) is 8.46. The summed E-state index contributed by atoms with van der Waals surface area (Å²) in [5, 5.41) is -0.644. The molecule has 0 saturated heterocycles. The Kier molecular flexibility index (Phi) is 6.10. The van der Waals surface area contributed by atoms with Gasteiger partial charge in [-0.1, -0.05) is 17.7 Å². The Morgan fingerprint density at radius 2 is 2.03 bits per heavy atom. The van der Waals surface area contributed by atoms with Gasteiger partial charge in [0.05, 0.1) is 34.1 Å². The van der Waals surface area contributed by atoms with E-state index in [1.807, 2.05) is 0 Å². The predicted octanol–water partition coefficient (Wildman–Crippen LogP) is 4.26. The zero-order valence-corrected chi connectivity index (χ0v) is 18.0. The highest BCUT2D eigenvalue weighted by atomic mass is 35.5. The van der Waals surface area contributed by atoms with Crippen molar-refractivity contribution in [2.45, 2.75) is 23.7 Å². The summed E-state index contributed by atoms with van der Waals surface area (Å²) in [7, 11) is 1.41. The minimum atomic E-state index is -4.84. The third-order valence-electron chi connectivity index (χ3n) is 4.97. The Balaban J connectivity index is 2.10. The van der Waals surface area contributed by atoms with E-state index < -0.39 is 34.9 Å². The average molecular weight is 491 g/mol. The van der Waals surface area contributed by atoms with Crippen molar-refractivity contribution in [2.75, 3.05) is 19.7 Å². The lowest BCUT2D eigenvalue weighted by Crippen LogP contribution is -2.34.